The van der Waals surface area contributed by atoms with Crippen molar-refractivity contribution >= 4 is 11.7 Å². The molecule has 100 valence electrons. The number of rotatable bonds is 5. The van der Waals surface area contributed by atoms with E-state index < -0.39 is 0 Å². The molecule has 5 heteroatoms. The van der Waals surface area contributed by atoms with Crippen LogP contribution in [0.3, 0.4) is 0 Å². The molecule has 2 N–H and O–H groups in total. The molecule has 0 bridgehead atoms. The Balaban J connectivity index is 2.03. The zero-order valence-electron chi connectivity index (χ0n) is 11.1. The summed E-state index contributed by atoms with van der Waals surface area (Å²) in [6.07, 6.45) is 1.67. The van der Waals surface area contributed by atoms with Gasteiger partial charge in [0.1, 0.15) is 0 Å². The maximum atomic E-state index is 11.6. The van der Waals surface area contributed by atoms with E-state index in [4.69, 9.17) is 4.74 Å². The highest BCUT2D eigenvalue weighted by Gasteiger charge is 2.07. The van der Waals surface area contributed by atoms with E-state index >= 15 is 0 Å². The average Bonchev–Trinajstić information content (AvgIpc) is 2.82. The van der Waals surface area contributed by atoms with Gasteiger partial charge >= 0.3 is 5.97 Å². The zero-order valence-corrected chi connectivity index (χ0v) is 11.1. The van der Waals surface area contributed by atoms with Crippen LogP contribution in [-0.4, -0.2) is 22.5 Å². The number of anilines is 1. The predicted molar refractivity (Wildman–Crippen MR) is 73.0 cm³/mol. The largest absolute Gasteiger partial charge is 0.462 e. The van der Waals surface area contributed by atoms with Crippen molar-refractivity contribution in [3.63, 3.8) is 0 Å². The number of aromatic nitrogens is 2. The molecular formula is C14H17N3O2. The van der Waals surface area contributed by atoms with Gasteiger partial charge in [0.05, 0.1) is 30.7 Å². The second-order valence-electron chi connectivity index (χ2n) is 4.13. The third-order valence-electron chi connectivity index (χ3n) is 2.77. The monoisotopic (exact) mass is 259 g/mol. The molecule has 5 nitrogen and oxygen atoms in total. The van der Waals surface area contributed by atoms with Crippen molar-refractivity contribution in [3.05, 3.63) is 47.5 Å². The lowest BCUT2D eigenvalue weighted by molar-refractivity contribution is 0.0526. The Hall–Kier alpha value is -2.30. The van der Waals surface area contributed by atoms with Gasteiger partial charge < -0.3 is 15.0 Å². The van der Waals surface area contributed by atoms with Crippen LogP contribution in [0.15, 0.2) is 30.6 Å². The van der Waals surface area contributed by atoms with Crippen molar-refractivity contribution in [1.82, 2.24) is 9.97 Å². The van der Waals surface area contributed by atoms with E-state index in [0.717, 1.165) is 17.1 Å². The van der Waals surface area contributed by atoms with Crippen LogP contribution in [0, 0.1) is 6.92 Å². The number of aryl methyl sites for hydroxylation is 1. The van der Waals surface area contributed by atoms with Crippen LogP contribution in [0.1, 0.15) is 28.7 Å². The first kappa shape index (κ1) is 13.1. The van der Waals surface area contributed by atoms with Gasteiger partial charge in [0, 0.05) is 11.4 Å². The number of esters is 1. The van der Waals surface area contributed by atoms with Gasteiger partial charge in [0.15, 0.2) is 0 Å². The normalized spacial score (nSPS) is 10.2. The minimum Gasteiger partial charge on any atom is -0.462 e. The zero-order chi connectivity index (χ0) is 13.7. The van der Waals surface area contributed by atoms with Crippen molar-refractivity contribution in [3.8, 4) is 0 Å². The molecule has 0 radical (unpaired) electrons. The fourth-order valence-corrected chi connectivity index (χ4v) is 1.72. The maximum Gasteiger partial charge on any atom is 0.338 e. The molecule has 0 saturated carbocycles. The number of H-pyrrole nitrogens is 1. The number of benzene rings is 1. The van der Waals surface area contributed by atoms with E-state index in [2.05, 4.69) is 15.3 Å². The predicted octanol–water partition coefficient (Wildman–Crippen LogP) is 2.51. The van der Waals surface area contributed by atoms with Crippen molar-refractivity contribution in [2.45, 2.75) is 20.4 Å². The number of nitrogens with zero attached hydrogens (tertiary/aromatic N) is 1. The standard InChI is InChI=1S/C14H17N3O2/c1-3-19-14(18)11-5-4-6-12(7-11)15-8-13-10(2)16-9-17-13/h4-7,9,15H,3,8H2,1-2H3,(H,16,17). The molecule has 0 aliphatic carbocycles. The van der Waals surface area contributed by atoms with Gasteiger partial charge in [0.2, 0.25) is 0 Å². The second kappa shape index (κ2) is 6.04. The minimum atomic E-state index is -0.304. The third-order valence-corrected chi connectivity index (χ3v) is 2.77. The molecule has 0 spiro atoms. The molecule has 1 aromatic carbocycles. The number of imidazole rings is 1. The highest BCUT2D eigenvalue weighted by Crippen LogP contribution is 2.13. The molecule has 0 amide bonds. The fourth-order valence-electron chi connectivity index (χ4n) is 1.72. The van der Waals surface area contributed by atoms with Crippen LogP contribution < -0.4 is 5.32 Å². The van der Waals surface area contributed by atoms with Gasteiger partial charge in [-0.25, -0.2) is 9.78 Å². The van der Waals surface area contributed by atoms with Crippen LogP contribution in [0.4, 0.5) is 5.69 Å². The summed E-state index contributed by atoms with van der Waals surface area (Å²) < 4.78 is 4.97. The Morgan fingerprint density at radius 2 is 2.32 bits per heavy atom. The summed E-state index contributed by atoms with van der Waals surface area (Å²) in [4.78, 5) is 18.9. The third kappa shape index (κ3) is 3.34. The Morgan fingerprint density at radius 1 is 1.47 bits per heavy atom. The lowest BCUT2D eigenvalue weighted by Gasteiger charge is -2.07. The second-order valence-corrected chi connectivity index (χ2v) is 4.13. The molecule has 0 aliphatic heterocycles. The number of hydrogen-bond acceptors (Lipinski definition) is 4. The topological polar surface area (TPSA) is 67.0 Å². The summed E-state index contributed by atoms with van der Waals surface area (Å²) in [5, 5.41) is 3.23. The van der Waals surface area contributed by atoms with E-state index in [1.807, 2.05) is 19.1 Å². The summed E-state index contributed by atoms with van der Waals surface area (Å²) in [5.41, 5.74) is 3.41. The highest BCUT2D eigenvalue weighted by molar-refractivity contribution is 5.90. The molecular weight excluding hydrogens is 242 g/mol. The molecule has 0 aliphatic rings. The lowest BCUT2D eigenvalue weighted by atomic mass is 10.2. The van der Waals surface area contributed by atoms with Crippen LogP contribution in [0.25, 0.3) is 0 Å². The number of ether oxygens (including phenoxy) is 1. The Morgan fingerprint density at radius 3 is 3.00 bits per heavy atom. The van der Waals surface area contributed by atoms with Crippen molar-refractivity contribution in [2.24, 2.45) is 0 Å². The average molecular weight is 259 g/mol. The highest BCUT2D eigenvalue weighted by atomic mass is 16.5. The molecule has 19 heavy (non-hydrogen) atoms. The SMILES string of the molecule is CCOC(=O)c1cccc(NCc2nc[nH]c2C)c1. The molecule has 0 unspecified atom stereocenters. The number of nitrogens with one attached hydrogen (secondary N) is 2. The van der Waals surface area contributed by atoms with Gasteiger partial charge in [-0.15, -0.1) is 0 Å². The number of carbonyl (C=O) groups excluding carboxylic acids is 1. The van der Waals surface area contributed by atoms with Gasteiger partial charge in [0.25, 0.3) is 0 Å². The summed E-state index contributed by atoms with van der Waals surface area (Å²) in [6, 6.07) is 7.25. The van der Waals surface area contributed by atoms with Crippen LogP contribution in [0.5, 0.6) is 0 Å². The van der Waals surface area contributed by atoms with E-state index in [1.165, 1.54) is 0 Å². The smallest absolute Gasteiger partial charge is 0.338 e. The van der Waals surface area contributed by atoms with E-state index in [-0.39, 0.29) is 5.97 Å². The molecule has 1 aromatic heterocycles. The molecule has 2 aromatic rings. The Bertz CT molecular complexity index is 563. The number of carbonyl (C=O) groups is 1. The summed E-state index contributed by atoms with van der Waals surface area (Å²) >= 11 is 0. The molecule has 0 atom stereocenters. The van der Waals surface area contributed by atoms with Crippen LogP contribution in [-0.2, 0) is 11.3 Å². The number of aromatic amines is 1. The van der Waals surface area contributed by atoms with Crippen LogP contribution >= 0.6 is 0 Å². The Kier molecular flexibility index (Phi) is 4.18. The lowest BCUT2D eigenvalue weighted by Crippen LogP contribution is -2.06. The molecule has 2 rings (SSSR count). The molecule has 0 saturated heterocycles. The summed E-state index contributed by atoms with van der Waals surface area (Å²) in [5.74, 6) is -0.304. The molecule has 0 fully saturated rings. The van der Waals surface area contributed by atoms with Crippen molar-refractivity contribution in [2.75, 3.05) is 11.9 Å². The summed E-state index contributed by atoms with van der Waals surface area (Å²) in [6.45, 7) is 4.75. The van der Waals surface area contributed by atoms with Gasteiger partial charge in [-0.05, 0) is 32.0 Å². The van der Waals surface area contributed by atoms with Gasteiger partial charge in [-0.2, -0.15) is 0 Å². The fraction of sp³-hybridized carbons (Fsp3) is 0.286. The quantitative estimate of drug-likeness (QED) is 0.810. The number of hydrogen-bond donors (Lipinski definition) is 2. The summed E-state index contributed by atoms with van der Waals surface area (Å²) in [7, 11) is 0. The maximum absolute atomic E-state index is 11.6. The van der Waals surface area contributed by atoms with Crippen molar-refractivity contribution < 1.29 is 9.53 Å². The van der Waals surface area contributed by atoms with Crippen LogP contribution in [0.2, 0.25) is 0 Å². The van der Waals surface area contributed by atoms with E-state index in [1.54, 1.807) is 25.4 Å². The van der Waals surface area contributed by atoms with E-state index in [9.17, 15) is 4.79 Å². The first-order valence-corrected chi connectivity index (χ1v) is 6.20. The first-order valence-electron chi connectivity index (χ1n) is 6.20. The van der Waals surface area contributed by atoms with Crippen molar-refractivity contribution in [1.29, 1.82) is 0 Å². The molecule has 1 heterocycles. The van der Waals surface area contributed by atoms with E-state index in [0.29, 0.717) is 18.7 Å². The first-order chi connectivity index (χ1) is 9.20. The Labute approximate surface area is 112 Å². The van der Waals surface area contributed by atoms with Gasteiger partial charge in [-0.3, -0.25) is 0 Å². The minimum absolute atomic E-state index is 0.304. The van der Waals surface area contributed by atoms with Gasteiger partial charge in [-0.1, -0.05) is 6.07 Å².